The van der Waals surface area contributed by atoms with Crippen LogP contribution >= 0.6 is 11.3 Å². The minimum atomic E-state index is -0.370. The Balaban J connectivity index is 1.42. The summed E-state index contributed by atoms with van der Waals surface area (Å²) in [5.74, 6) is 1.01. The maximum Gasteiger partial charge on any atom is 0.344 e. The fourth-order valence-corrected chi connectivity index (χ4v) is 3.73. The molecule has 0 aliphatic carbocycles. The Morgan fingerprint density at radius 1 is 1.35 bits per heavy atom. The number of esters is 1. The van der Waals surface area contributed by atoms with E-state index in [1.165, 1.54) is 0 Å². The lowest BCUT2D eigenvalue weighted by Crippen LogP contribution is -2.38. The van der Waals surface area contributed by atoms with Crippen molar-refractivity contribution < 1.29 is 14.1 Å². The molecule has 0 atom stereocenters. The van der Waals surface area contributed by atoms with Gasteiger partial charge in [-0.25, -0.2) is 14.8 Å². The molecule has 0 spiro atoms. The Kier molecular flexibility index (Phi) is 4.66. The zero-order valence-corrected chi connectivity index (χ0v) is 15.1. The summed E-state index contributed by atoms with van der Waals surface area (Å²) in [6, 6.07) is 3.80. The van der Waals surface area contributed by atoms with Gasteiger partial charge in [0.05, 0.1) is 0 Å². The fraction of sp³-hybridized carbons (Fsp3) is 0.333. The van der Waals surface area contributed by atoms with Gasteiger partial charge in [-0.3, -0.25) is 0 Å². The third kappa shape index (κ3) is 3.32. The smallest absolute Gasteiger partial charge is 0.344 e. The van der Waals surface area contributed by atoms with Crippen LogP contribution in [0.2, 0.25) is 0 Å². The second-order valence-electron chi connectivity index (χ2n) is 6.13. The number of carbonyl (C=O) groups is 1. The molecule has 1 aliphatic heterocycles. The van der Waals surface area contributed by atoms with E-state index in [0.29, 0.717) is 17.0 Å². The summed E-state index contributed by atoms with van der Waals surface area (Å²) in [5.41, 5.74) is 1.84. The van der Waals surface area contributed by atoms with E-state index in [1.807, 2.05) is 22.9 Å². The minimum Gasteiger partial charge on any atom is -0.458 e. The van der Waals surface area contributed by atoms with Gasteiger partial charge in [0.25, 0.3) is 0 Å². The monoisotopic (exact) mass is 370 g/mol. The summed E-state index contributed by atoms with van der Waals surface area (Å²) in [5, 5.41) is 7.91. The van der Waals surface area contributed by atoms with Gasteiger partial charge in [0.2, 0.25) is 0 Å². The van der Waals surface area contributed by atoms with Crippen molar-refractivity contribution in [1.29, 1.82) is 0 Å². The number of nitrogens with zero attached hydrogens (tertiary/aromatic N) is 4. The second-order valence-corrected chi connectivity index (χ2v) is 6.91. The van der Waals surface area contributed by atoms with Crippen molar-refractivity contribution >= 4 is 23.1 Å². The van der Waals surface area contributed by atoms with Crippen LogP contribution < -0.4 is 4.90 Å². The van der Waals surface area contributed by atoms with Crippen LogP contribution in [-0.4, -0.2) is 40.3 Å². The third-order valence-electron chi connectivity index (χ3n) is 4.47. The Morgan fingerprint density at radius 3 is 2.88 bits per heavy atom. The van der Waals surface area contributed by atoms with Crippen LogP contribution in [0.15, 0.2) is 39.9 Å². The molecular weight excluding hydrogens is 352 g/mol. The largest absolute Gasteiger partial charge is 0.458 e. The van der Waals surface area contributed by atoms with E-state index in [1.54, 1.807) is 30.8 Å². The average Bonchev–Trinajstić information content (AvgIpc) is 3.32. The molecule has 0 aromatic carbocycles. The molecule has 3 aromatic heterocycles. The molecule has 0 bridgehead atoms. The third-order valence-corrected chi connectivity index (χ3v) is 5.15. The number of hydrogen-bond donors (Lipinski definition) is 0. The van der Waals surface area contributed by atoms with Crippen molar-refractivity contribution in [3.8, 4) is 11.3 Å². The molecule has 0 amide bonds. The van der Waals surface area contributed by atoms with Gasteiger partial charge in [-0.1, -0.05) is 5.16 Å². The molecule has 3 aromatic rings. The predicted octanol–water partition coefficient (Wildman–Crippen LogP) is 3.33. The number of carbonyl (C=O) groups excluding carboxylic acids is 1. The molecule has 4 heterocycles. The first-order valence-electron chi connectivity index (χ1n) is 8.43. The summed E-state index contributed by atoms with van der Waals surface area (Å²) in [7, 11) is 0. The van der Waals surface area contributed by atoms with Gasteiger partial charge in [0.15, 0.2) is 0 Å². The van der Waals surface area contributed by atoms with Gasteiger partial charge in [-0.15, -0.1) is 0 Å². The number of thiophene rings is 1. The van der Waals surface area contributed by atoms with Crippen LogP contribution in [0.25, 0.3) is 11.3 Å². The number of anilines is 1. The van der Waals surface area contributed by atoms with Crippen LogP contribution in [0.4, 0.5) is 5.82 Å². The molecule has 0 N–H and O–H groups in total. The quantitative estimate of drug-likeness (QED) is 0.652. The molecule has 0 unspecified atom stereocenters. The highest BCUT2D eigenvalue weighted by Crippen LogP contribution is 2.29. The number of aromatic nitrogens is 3. The van der Waals surface area contributed by atoms with Crippen molar-refractivity contribution in [3.63, 3.8) is 0 Å². The summed E-state index contributed by atoms with van der Waals surface area (Å²) in [6.07, 6.45) is 4.67. The normalized spacial score (nSPS) is 15.2. The highest BCUT2D eigenvalue weighted by atomic mass is 32.1. The molecule has 0 saturated carbocycles. The Hall–Kier alpha value is -2.74. The molecule has 134 valence electrons. The first-order chi connectivity index (χ1) is 12.7. The Morgan fingerprint density at radius 2 is 2.19 bits per heavy atom. The minimum absolute atomic E-state index is 0.120. The molecule has 1 saturated heterocycles. The van der Waals surface area contributed by atoms with Crippen LogP contribution in [0.5, 0.6) is 0 Å². The zero-order chi connectivity index (χ0) is 17.9. The summed E-state index contributed by atoms with van der Waals surface area (Å²) in [4.78, 5) is 23.1. The van der Waals surface area contributed by atoms with E-state index in [-0.39, 0.29) is 12.1 Å². The predicted molar refractivity (Wildman–Crippen MR) is 97.2 cm³/mol. The van der Waals surface area contributed by atoms with Crippen molar-refractivity contribution in [1.82, 2.24) is 15.1 Å². The van der Waals surface area contributed by atoms with Gasteiger partial charge in [0.1, 0.15) is 35.3 Å². The van der Waals surface area contributed by atoms with Gasteiger partial charge in [-0.2, -0.15) is 11.3 Å². The lowest BCUT2D eigenvalue weighted by Gasteiger charge is -2.32. The van der Waals surface area contributed by atoms with Crippen LogP contribution in [0, 0.1) is 6.92 Å². The van der Waals surface area contributed by atoms with Crippen molar-refractivity contribution in [2.75, 3.05) is 18.0 Å². The summed E-state index contributed by atoms with van der Waals surface area (Å²) in [6.45, 7) is 3.31. The topological polar surface area (TPSA) is 81.4 Å². The van der Waals surface area contributed by atoms with E-state index in [0.717, 1.165) is 37.3 Å². The molecular formula is C18H18N4O3S. The summed E-state index contributed by atoms with van der Waals surface area (Å²) >= 11 is 1.55. The fourth-order valence-electron chi connectivity index (χ4n) is 3.09. The van der Waals surface area contributed by atoms with E-state index < -0.39 is 0 Å². The number of rotatable bonds is 4. The van der Waals surface area contributed by atoms with Crippen LogP contribution in [0.3, 0.4) is 0 Å². The van der Waals surface area contributed by atoms with Crippen LogP contribution in [-0.2, 0) is 4.74 Å². The Bertz CT molecular complexity index is 871. The molecule has 4 rings (SSSR count). The summed E-state index contributed by atoms with van der Waals surface area (Å²) < 4.78 is 11.0. The van der Waals surface area contributed by atoms with Crippen molar-refractivity contribution in [3.05, 3.63) is 46.7 Å². The maximum absolute atomic E-state index is 12.7. The highest BCUT2D eigenvalue weighted by molar-refractivity contribution is 7.08. The van der Waals surface area contributed by atoms with E-state index in [4.69, 9.17) is 9.26 Å². The maximum atomic E-state index is 12.7. The molecule has 0 radical (unpaired) electrons. The first kappa shape index (κ1) is 16.7. The van der Waals surface area contributed by atoms with Crippen molar-refractivity contribution in [2.45, 2.75) is 25.9 Å². The van der Waals surface area contributed by atoms with Crippen molar-refractivity contribution in [2.24, 2.45) is 0 Å². The zero-order valence-electron chi connectivity index (χ0n) is 14.3. The molecule has 7 nitrogen and oxygen atoms in total. The molecule has 26 heavy (non-hydrogen) atoms. The molecule has 1 aliphatic rings. The number of piperidine rings is 1. The average molecular weight is 370 g/mol. The Labute approximate surface area is 154 Å². The molecule has 8 heteroatoms. The highest BCUT2D eigenvalue weighted by Gasteiger charge is 2.28. The van der Waals surface area contributed by atoms with E-state index in [2.05, 4.69) is 20.0 Å². The van der Waals surface area contributed by atoms with Gasteiger partial charge >= 0.3 is 5.97 Å². The first-order valence-corrected chi connectivity index (χ1v) is 9.37. The lowest BCUT2D eigenvalue weighted by molar-refractivity contribution is 0.0244. The van der Waals surface area contributed by atoms with Gasteiger partial charge < -0.3 is 14.2 Å². The van der Waals surface area contributed by atoms with Crippen LogP contribution in [0.1, 0.15) is 29.0 Å². The number of ether oxygens (including phenoxy) is 1. The standard InChI is InChI=1S/C18H18N4O3S/c1-12-16(17(21-25-12)13-5-9-26-10-13)18(23)24-14-3-7-22(8-4-14)15-2-6-19-11-20-15/h2,5-6,9-11,14H,3-4,7-8H2,1H3. The number of hydrogen-bond acceptors (Lipinski definition) is 8. The number of aryl methyl sites for hydroxylation is 1. The van der Waals surface area contributed by atoms with Gasteiger partial charge in [0, 0.05) is 43.1 Å². The lowest BCUT2D eigenvalue weighted by atomic mass is 10.1. The van der Waals surface area contributed by atoms with Gasteiger partial charge in [-0.05, 0) is 24.4 Å². The van der Waals surface area contributed by atoms with E-state index >= 15 is 0 Å². The SMILES string of the molecule is Cc1onc(-c2ccsc2)c1C(=O)OC1CCN(c2ccncn2)CC1. The second kappa shape index (κ2) is 7.25. The molecule has 1 fully saturated rings. The van der Waals surface area contributed by atoms with E-state index in [9.17, 15) is 4.79 Å².